The Labute approximate surface area is 106 Å². The lowest BCUT2D eigenvalue weighted by atomic mass is 10.2. The minimum Gasteiger partial charge on any atom is -0.309 e. The van der Waals surface area contributed by atoms with Crippen molar-refractivity contribution in [1.29, 1.82) is 0 Å². The van der Waals surface area contributed by atoms with Gasteiger partial charge < -0.3 is 5.32 Å². The summed E-state index contributed by atoms with van der Waals surface area (Å²) < 4.78 is 23.4. The molecule has 0 radical (unpaired) electrons. The molecule has 1 unspecified atom stereocenters. The molecule has 1 aromatic heterocycles. The summed E-state index contributed by atoms with van der Waals surface area (Å²) in [4.78, 5) is 0.981. The summed E-state index contributed by atoms with van der Waals surface area (Å²) in [5.41, 5.74) is 0.998. The number of thiophene rings is 1. The maximum atomic E-state index is 11.3. The van der Waals surface area contributed by atoms with Crippen molar-refractivity contribution in [2.24, 2.45) is 0 Å². The fourth-order valence-corrected chi connectivity index (χ4v) is 3.75. The number of rotatable bonds is 5. The van der Waals surface area contributed by atoms with Crippen molar-refractivity contribution in [3.05, 3.63) is 20.8 Å². The molecule has 0 aliphatic rings. The molecule has 1 N–H and O–H groups in total. The molecule has 0 fully saturated rings. The Morgan fingerprint density at radius 2 is 2.19 bits per heavy atom. The zero-order valence-electron chi connectivity index (χ0n) is 9.58. The summed E-state index contributed by atoms with van der Waals surface area (Å²) in [6.45, 7) is 4.61. The van der Waals surface area contributed by atoms with Crippen molar-refractivity contribution in [1.82, 2.24) is 5.32 Å². The van der Waals surface area contributed by atoms with E-state index in [4.69, 9.17) is 11.6 Å². The van der Waals surface area contributed by atoms with E-state index in [0.717, 1.165) is 21.3 Å². The third-order valence-corrected chi connectivity index (χ3v) is 4.75. The molecule has 92 valence electrons. The van der Waals surface area contributed by atoms with Gasteiger partial charge in [0.2, 0.25) is 0 Å². The van der Waals surface area contributed by atoms with E-state index < -0.39 is 9.84 Å². The Morgan fingerprint density at radius 3 is 2.56 bits per heavy atom. The van der Waals surface area contributed by atoms with Crippen molar-refractivity contribution >= 4 is 32.8 Å². The zero-order valence-corrected chi connectivity index (χ0v) is 12.0. The van der Waals surface area contributed by atoms with Crippen LogP contribution in [0.5, 0.6) is 0 Å². The van der Waals surface area contributed by atoms with E-state index in [1.807, 2.05) is 19.9 Å². The SMILES string of the molecule is CCNC(CS(C)(=O)=O)c1cc(C)c(Cl)s1. The van der Waals surface area contributed by atoms with Gasteiger partial charge in [0, 0.05) is 11.1 Å². The van der Waals surface area contributed by atoms with Crippen LogP contribution in [0.15, 0.2) is 6.07 Å². The van der Waals surface area contributed by atoms with Crippen molar-refractivity contribution in [3.63, 3.8) is 0 Å². The van der Waals surface area contributed by atoms with Gasteiger partial charge in [0.15, 0.2) is 0 Å². The second-order valence-corrected chi connectivity index (χ2v) is 7.68. The second kappa shape index (κ2) is 5.49. The highest BCUT2D eigenvalue weighted by Crippen LogP contribution is 2.31. The Balaban J connectivity index is 2.93. The molecule has 0 saturated carbocycles. The van der Waals surface area contributed by atoms with E-state index in [-0.39, 0.29) is 11.8 Å². The lowest BCUT2D eigenvalue weighted by Crippen LogP contribution is -2.26. The van der Waals surface area contributed by atoms with Gasteiger partial charge in [-0.05, 0) is 25.1 Å². The molecule has 3 nitrogen and oxygen atoms in total. The normalized spacial score (nSPS) is 14.0. The van der Waals surface area contributed by atoms with Crippen molar-refractivity contribution in [2.45, 2.75) is 19.9 Å². The summed E-state index contributed by atoms with van der Waals surface area (Å²) in [5.74, 6) is 0.108. The van der Waals surface area contributed by atoms with Gasteiger partial charge in [-0.3, -0.25) is 0 Å². The summed E-state index contributed by atoms with van der Waals surface area (Å²) >= 11 is 7.43. The summed E-state index contributed by atoms with van der Waals surface area (Å²) in [5, 5.41) is 3.17. The predicted octanol–water partition coefficient (Wildman–Crippen LogP) is 2.41. The van der Waals surface area contributed by atoms with Gasteiger partial charge >= 0.3 is 0 Å². The smallest absolute Gasteiger partial charge is 0.149 e. The Bertz CT molecular complexity index is 434. The minimum atomic E-state index is -3.00. The number of halogens is 1. The maximum absolute atomic E-state index is 11.3. The molecule has 0 aliphatic heterocycles. The van der Waals surface area contributed by atoms with Gasteiger partial charge in [0.25, 0.3) is 0 Å². The van der Waals surface area contributed by atoms with Gasteiger partial charge in [-0.15, -0.1) is 11.3 Å². The third kappa shape index (κ3) is 4.05. The van der Waals surface area contributed by atoms with E-state index in [2.05, 4.69) is 5.32 Å². The van der Waals surface area contributed by atoms with Gasteiger partial charge in [-0.25, -0.2) is 8.42 Å². The van der Waals surface area contributed by atoms with Crippen LogP contribution in [0.1, 0.15) is 23.4 Å². The zero-order chi connectivity index (χ0) is 12.3. The monoisotopic (exact) mass is 281 g/mol. The number of sulfone groups is 1. The largest absolute Gasteiger partial charge is 0.309 e. The number of hydrogen-bond acceptors (Lipinski definition) is 4. The average Bonchev–Trinajstić information content (AvgIpc) is 2.44. The van der Waals surface area contributed by atoms with E-state index in [1.54, 1.807) is 0 Å². The minimum absolute atomic E-state index is 0.108. The first-order valence-electron chi connectivity index (χ1n) is 5.00. The first-order valence-corrected chi connectivity index (χ1v) is 8.26. The van der Waals surface area contributed by atoms with Crippen LogP contribution in [0, 0.1) is 6.92 Å². The first-order chi connectivity index (χ1) is 7.33. The molecule has 1 rings (SSSR count). The summed E-state index contributed by atoms with van der Waals surface area (Å²) in [6.07, 6.45) is 1.25. The topological polar surface area (TPSA) is 46.2 Å². The number of hydrogen-bond donors (Lipinski definition) is 1. The molecular weight excluding hydrogens is 266 g/mol. The molecule has 0 aliphatic carbocycles. The van der Waals surface area contributed by atoms with Crippen LogP contribution in [0.3, 0.4) is 0 Å². The fourth-order valence-electron chi connectivity index (χ4n) is 1.45. The molecule has 6 heteroatoms. The molecule has 0 bridgehead atoms. The highest BCUT2D eigenvalue weighted by atomic mass is 35.5. The maximum Gasteiger partial charge on any atom is 0.149 e. The van der Waals surface area contributed by atoms with Crippen LogP contribution in [0.4, 0.5) is 0 Å². The Morgan fingerprint density at radius 1 is 1.56 bits per heavy atom. The first kappa shape index (κ1) is 14.0. The highest BCUT2D eigenvalue weighted by Gasteiger charge is 2.19. The Hall–Kier alpha value is -0.100. The van der Waals surface area contributed by atoms with E-state index in [1.165, 1.54) is 17.6 Å². The molecule has 0 spiro atoms. The van der Waals surface area contributed by atoms with Crippen molar-refractivity contribution in [3.8, 4) is 0 Å². The average molecular weight is 282 g/mol. The van der Waals surface area contributed by atoms with E-state index >= 15 is 0 Å². The molecule has 1 atom stereocenters. The van der Waals surface area contributed by atoms with Crippen molar-refractivity contribution < 1.29 is 8.42 Å². The van der Waals surface area contributed by atoms with E-state index in [9.17, 15) is 8.42 Å². The number of nitrogens with one attached hydrogen (secondary N) is 1. The third-order valence-electron chi connectivity index (χ3n) is 2.14. The van der Waals surface area contributed by atoms with E-state index in [0.29, 0.717) is 0 Å². The standard InChI is InChI=1S/C10H16ClNO2S2/c1-4-12-8(6-16(3,13)14)9-5-7(2)10(11)15-9/h5,8,12H,4,6H2,1-3H3. The van der Waals surface area contributed by atoms with Crippen LogP contribution in [0.25, 0.3) is 0 Å². The molecule has 16 heavy (non-hydrogen) atoms. The fraction of sp³-hybridized carbons (Fsp3) is 0.600. The molecule has 1 aromatic rings. The quantitative estimate of drug-likeness (QED) is 0.901. The van der Waals surface area contributed by atoms with Gasteiger partial charge in [0.1, 0.15) is 9.84 Å². The highest BCUT2D eigenvalue weighted by molar-refractivity contribution is 7.90. The molecule has 1 heterocycles. The van der Waals surface area contributed by atoms with Crippen LogP contribution in [0.2, 0.25) is 4.34 Å². The van der Waals surface area contributed by atoms with Crippen molar-refractivity contribution in [2.75, 3.05) is 18.6 Å². The molecule has 0 aromatic carbocycles. The molecular formula is C10H16ClNO2S2. The van der Waals surface area contributed by atoms with Crippen LogP contribution in [-0.2, 0) is 9.84 Å². The van der Waals surface area contributed by atoms with Gasteiger partial charge in [0.05, 0.1) is 16.1 Å². The van der Waals surface area contributed by atoms with Crippen LogP contribution >= 0.6 is 22.9 Å². The lowest BCUT2D eigenvalue weighted by Gasteiger charge is -2.14. The lowest BCUT2D eigenvalue weighted by molar-refractivity contribution is 0.567. The number of aryl methyl sites for hydroxylation is 1. The predicted molar refractivity (Wildman–Crippen MR) is 70.2 cm³/mol. The molecule has 0 amide bonds. The summed E-state index contributed by atoms with van der Waals surface area (Å²) in [6, 6.07) is 1.79. The Kier molecular flexibility index (Phi) is 4.79. The van der Waals surface area contributed by atoms with Crippen LogP contribution < -0.4 is 5.32 Å². The molecule has 0 saturated heterocycles. The van der Waals surface area contributed by atoms with Gasteiger partial charge in [-0.1, -0.05) is 18.5 Å². The van der Waals surface area contributed by atoms with Crippen LogP contribution in [-0.4, -0.2) is 27.0 Å². The summed E-state index contributed by atoms with van der Waals surface area (Å²) in [7, 11) is -3.00. The second-order valence-electron chi connectivity index (χ2n) is 3.81. The van der Waals surface area contributed by atoms with Gasteiger partial charge in [-0.2, -0.15) is 0 Å².